The minimum absolute atomic E-state index is 0.00295. The zero-order chi connectivity index (χ0) is 12.3. The van der Waals surface area contributed by atoms with E-state index >= 15 is 0 Å². The molecule has 0 unspecified atom stereocenters. The van der Waals surface area contributed by atoms with E-state index in [4.69, 9.17) is 23.2 Å². The van der Waals surface area contributed by atoms with Gasteiger partial charge in [-0.15, -0.1) is 0 Å². The van der Waals surface area contributed by atoms with Gasteiger partial charge in [-0.3, -0.25) is 4.79 Å². The van der Waals surface area contributed by atoms with E-state index in [9.17, 15) is 9.90 Å². The first-order chi connectivity index (χ1) is 7.49. The van der Waals surface area contributed by atoms with Crippen molar-refractivity contribution in [3.63, 3.8) is 0 Å². The molecule has 0 amide bonds. The maximum atomic E-state index is 11.9. The van der Waals surface area contributed by atoms with Crippen molar-refractivity contribution < 1.29 is 9.90 Å². The van der Waals surface area contributed by atoms with Crippen LogP contribution in [0.15, 0.2) is 24.3 Å². The van der Waals surface area contributed by atoms with Gasteiger partial charge in [-0.25, -0.2) is 0 Å². The van der Waals surface area contributed by atoms with Crippen LogP contribution in [0.3, 0.4) is 0 Å². The molecule has 16 heavy (non-hydrogen) atoms. The Hall–Kier alpha value is -0.990. The molecule has 0 aromatic heterocycles. The van der Waals surface area contributed by atoms with Crippen molar-refractivity contribution in [2.24, 2.45) is 0 Å². The van der Waals surface area contributed by atoms with Crippen molar-refractivity contribution in [2.45, 2.75) is 19.8 Å². The van der Waals surface area contributed by atoms with Gasteiger partial charge >= 0.3 is 0 Å². The fourth-order valence-electron chi connectivity index (χ4n) is 1.32. The first-order valence-corrected chi connectivity index (χ1v) is 5.64. The van der Waals surface area contributed by atoms with E-state index in [2.05, 4.69) is 6.58 Å². The third kappa shape index (κ3) is 2.57. The van der Waals surface area contributed by atoms with E-state index < -0.39 is 0 Å². The third-order valence-corrected chi connectivity index (χ3v) is 3.05. The van der Waals surface area contributed by atoms with Crippen molar-refractivity contribution in [3.05, 3.63) is 39.9 Å². The predicted molar refractivity (Wildman–Crippen MR) is 66.5 cm³/mol. The van der Waals surface area contributed by atoms with Crippen molar-refractivity contribution in [2.75, 3.05) is 0 Å². The van der Waals surface area contributed by atoms with Crippen LogP contribution in [-0.2, 0) is 0 Å². The highest BCUT2D eigenvalue weighted by Gasteiger charge is 2.17. The number of ketones is 1. The number of phenolic OH excluding ortho intramolecular Hbond substituents is 1. The lowest BCUT2D eigenvalue weighted by Gasteiger charge is -2.07. The number of Topliss-reactive ketones (excluding diaryl/α,β-unsaturated/α-hetero) is 1. The summed E-state index contributed by atoms with van der Waals surface area (Å²) in [6, 6.07) is 2.80. The smallest absolute Gasteiger partial charge is 0.189 e. The highest BCUT2D eigenvalue weighted by molar-refractivity contribution is 6.45. The Labute approximate surface area is 104 Å². The number of halogens is 2. The number of benzene rings is 1. The summed E-state index contributed by atoms with van der Waals surface area (Å²) in [4.78, 5) is 11.9. The molecular weight excluding hydrogens is 247 g/mol. The van der Waals surface area contributed by atoms with Crippen LogP contribution in [0.5, 0.6) is 5.75 Å². The fourth-order valence-corrected chi connectivity index (χ4v) is 1.73. The minimum atomic E-state index is -0.228. The summed E-state index contributed by atoms with van der Waals surface area (Å²) in [5.74, 6) is -0.363. The van der Waals surface area contributed by atoms with Gasteiger partial charge in [0.05, 0.1) is 5.02 Å². The standard InChI is InChI=1S/C12H12Cl2O2/c1-3-4-7(2)12(16)8-5-6-9(15)11(14)10(8)13/h5-6,15H,2-4H2,1H3. The highest BCUT2D eigenvalue weighted by Crippen LogP contribution is 2.34. The maximum Gasteiger partial charge on any atom is 0.189 e. The van der Waals surface area contributed by atoms with Gasteiger partial charge in [0.15, 0.2) is 5.78 Å². The monoisotopic (exact) mass is 258 g/mol. The van der Waals surface area contributed by atoms with Gasteiger partial charge in [-0.1, -0.05) is 43.1 Å². The molecule has 0 saturated carbocycles. The summed E-state index contributed by atoms with van der Waals surface area (Å²) in [6.45, 7) is 5.66. The Morgan fingerprint density at radius 2 is 2.00 bits per heavy atom. The largest absolute Gasteiger partial charge is 0.506 e. The normalized spacial score (nSPS) is 10.2. The average Bonchev–Trinajstić information content (AvgIpc) is 2.26. The third-order valence-electron chi connectivity index (χ3n) is 2.18. The molecule has 0 radical (unpaired) electrons. The zero-order valence-electron chi connectivity index (χ0n) is 8.89. The van der Waals surface area contributed by atoms with Gasteiger partial charge in [0.2, 0.25) is 0 Å². The SMILES string of the molecule is C=C(CCC)C(=O)c1ccc(O)c(Cl)c1Cl. The molecule has 0 spiro atoms. The number of rotatable bonds is 4. The molecule has 1 rings (SSSR count). The summed E-state index contributed by atoms with van der Waals surface area (Å²) in [5, 5.41) is 9.37. The van der Waals surface area contributed by atoms with E-state index in [-0.39, 0.29) is 27.1 Å². The number of aromatic hydroxyl groups is 1. The van der Waals surface area contributed by atoms with E-state index in [0.29, 0.717) is 12.0 Å². The second-order valence-electron chi connectivity index (χ2n) is 3.44. The van der Waals surface area contributed by atoms with Crippen molar-refractivity contribution in [1.29, 1.82) is 0 Å². The Morgan fingerprint density at radius 3 is 2.56 bits per heavy atom. The van der Waals surface area contributed by atoms with Crippen LogP contribution >= 0.6 is 23.2 Å². The Bertz CT molecular complexity index is 439. The highest BCUT2D eigenvalue weighted by atomic mass is 35.5. The zero-order valence-corrected chi connectivity index (χ0v) is 10.4. The molecule has 4 heteroatoms. The summed E-state index contributed by atoms with van der Waals surface area (Å²) in [7, 11) is 0. The molecule has 0 aliphatic rings. The van der Waals surface area contributed by atoms with Crippen LogP contribution in [0.4, 0.5) is 0 Å². The molecule has 86 valence electrons. The molecular formula is C12H12Cl2O2. The van der Waals surface area contributed by atoms with Gasteiger partial charge in [0.1, 0.15) is 10.8 Å². The van der Waals surface area contributed by atoms with Crippen LogP contribution in [0, 0.1) is 0 Å². The fraction of sp³-hybridized carbons (Fsp3) is 0.250. The van der Waals surface area contributed by atoms with E-state index in [0.717, 1.165) is 6.42 Å². The number of phenols is 1. The molecule has 0 aliphatic heterocycles. The minimum Gasteiger partial charge on any atom is -0.506 e. The molecule has 1 aromatic rings. The molecule has 0 aliphatic carbocycles. The second kappa shape index (κ2) is 5.37. The quantitative estimate of drug-likeness (QED) is 0.648. The number of carbonyl (C=O) groups excluding carboxylic acids is 1. The average molecular weight is 259 g/mol. The van der Waals surface area contributed by atoms with Gasteiger partial charge in [0.25, 0.3) is 0 Å². The Balaban J connectivity index is 3.10. The van der Waals surface area contributed by atoms with Crippen LogP contribution in [0.2, 0.25) is 10.0 Å². The lowest BCUT2D eigenvalue weighted by atomic mass is 10.0. The number of hydrogen-bond donors (Lipinski definition) is 1. The van der Waals surface area contributed by atoms with Crippen molar-refractivity contribution >= 4 is 29.0 Å². The van der Waals surface area contributed by atoms with E-state index in [1.807, 2.05) is 6.92 Å². The molecule has 0 atom stereocenters. The van der Waals surface area contributed by atoms with Crippen LogP contribution in [-0.4, -0.2) is 10.9 Å². The molecule has 1 aromatic carbocycles. The summed E-state index contributed by atoms with van der Waals surface area (Å²) in [6.07, 6.45) is 1.46. The number of hydrogen-bond acceptors (Lipinski definition) is 2. The van der Waals surface area contributed by atoms with Crippen LogP contribution in [0.25, 0.3) is 0 Å². The predicted octanol–water partition coefficient (Wildman–Crippen LogP) is 4.24. The molecule has 0 fully saturated rings. The number of carbonyl (C=O) groups is 1. The molecule has 0 bridgehead atoms. The lowest BCUT2D eigenvalue weighted by Crippen LogP contribution is -2.03. The first-order valence-electron chi connectivity index (χ1n) is 4.88. The number of allylic oxidation sites excluding steroid dienone is 1. The van der Waals surface area contributed by atoms with Crippen LogP contribution < -0.4 is 0 Å². The molecule has 0 saturated heterocycles. The molecule has 2 nitrogen and oxygen atoms in total. The van der Waals surface area contributed by atoms with E-state index in [1.165, 1.54) is 12.1 Å². The molecule has 1 N–H and O–H groups in total. The summed E-state index contributed by atoms with van der Waals surface area (Å²) in [5.41, 5.74) is 0.772. The van der Waals surface area contributed by atoms with Crippen molar-refractivity contribution in [3.8, 4) is 5.75 Å². The summed E-state index contributed by atoms with van der Waals surface area (Å²) < 4.78 is 0. The topological polar surface area (TPSA) is 37.3 Å². The first kappa shape index (κ1) is 13.1. The van der Waals surface area contributed by atoms with Gasteiger partial charge < -0.3 is 5.11 Å². The summed E-state index contributed by atoms with van der Waals surface area (Å²) >= 11 is 11.6. The van der Waals surface area contributed by atoms with Gasteiger partial charge in [-0.05, 0) is 24.1 Å². The lowest BCUT2D eigenvalue weighted by molar-refractivity contribution is 0.103. The molecule has 0 heterocycles. The van der Waals surface area contributed by atoms with E-state index in [1.54, 1.807) is 0 Å². The Morgan fingerprint density at radius 1 is 1.38 bits per heavy atom. The van der Waals surface area contributed by atoms with Crippen molar-refractivity contribution in [1.82, 2.24) is 0 Å². The maximum absolute atomic E-state index is 11.9. The Kier molecular flexibility index (Phi) is 4.39. The van der Waals surface area contributed by atoms with Gasteiger partial charge in [-0.2, -0.15) is 0 Å². The van der Waals surface area contributed by atoms with Crippen LogP contribution in [0.1, 0.15) is 30.1 Å². The second-order valence-corrected chi connectivity index (χ2v) is 4.20. The van der Waals surface area contributed by atoms with Gasteiger partial charge in [0, 0.05) is 5.56 Å².